The topological polar surface area (TPSA) is 25.2 Å². The van der Waals surface area contributed by atoms with Crippen molar-refractivity contribution in [2.45, 2.75) is 13.5 Å². The number of halogens is 3. The third-order valence-electron chi connectivity index (χ3n) is 2.25. The lowest BCUT2D eigenvalue weighted by atomic mass is 10.2. The zero-order valence-corrected chi connectivity index (χ0v) is 14.4. The third-order valence-corrected chi connectivity index (χ3v) is 4.09. The van der Waals surface area contributed by atoms with Gasteiger partial charge in [0.1, 0.15) is 5.76 Å². The minimum Gasteiger partial charge on any atom is -0.454 e. The molecule has 0 aliphatic carbocycles. The van der Waals surface area contributed by atoms with E-state index in [1.54, 1.807) is 0 Å². The molecule has 0 unspecified atom stereocenters. The van der Waals surface area contributed by atoms with Gasteiger partial charge in [0.2, 0.25) is 0 Å². The third kappa shape index (κ3) is 3.48. The summed E-state index contributed by atoms with van der Waals surface area (Å²) < 4.78 is 8.50. The fraction of sp³-hybridized carbons (Fsp3) is 0.167. The highest BCUT2D eigenvalue weighted by Crippen LogP contribution is 2.32. The van der Waals surface area contributed by atoms with Crippen molar-refractivity contribution in [3.63, 3.8) is 0 Å². The van der Waals surface area contributed by atoms with E-state index in [0.717, 1.165) is 24.2 Å². The average Bonchev–Trinajstić information content (AvgIpc) is 2.62. The van der Waals surface area contributed by atoms with Crippen LogP contribution in [-0.2, 0) is 6.54 Å². The van der Waals surface area contributed by atoms with Crippen LogP contribution >= 0.6 is 54.5 Å². The van der Waals surface area contributed by atoms with Crippen molar-refractivity contribution in [3.8, 4) is 0 Å². The first-order valence-electron chi connectivity index (χ1n) is 5.00. The smallest absolute Gasteiger partial charge is 0.164 e. The molecule has 0 aliphatic rings. The molecule has 1 aromatic carbocycles. The molecule has 90 valence electrons. The van der Waals surface area contributed by atoms with Crippen LogP contribution in [0.15, 0.2) is 37.6 Å². The predicted octanol–water partition coefficient (Wildman–Crippen LogP) is 5.33. The molecule has 5 heteroatoms. The highest BCUT2D eigenvalue weighted by atomic mass is 127. The minimum atomic E-state index is 0.670. The van der Waals surface area contributed by atoms with Gasteiger partial charge in [-0.3, -0.25) is 0 Å². The van der Waals surface area contributed by atoms with E-state index in [9.17, 15) is 0 Å². The molecule has 2 aromatic rings. The molecule has 0 bridgehead atoms. The zero-order chi connectivity index (χ0) is 12.4. The van der Waals surface area contributed by atoms with Crippen molar-refractivity contribution >= 4 is 60.1 Å². The maximum Gasteiger partial charge on any atom is 0.164 e. The predicted molar refractivity (Wildman–Crippen MR) is 85.3 cm³/mol. The molecule has 2 nitrogen and oxygen atoms in total. The maximum atomic E-state index is 5.50. The summed E-state index contributed by atoms with van der Waals surface area (Å²) in [4.78, 5) is 0. The fourth-order valence-corrected chi connectivity index (χ4v) is 3.65. The van der Waals surface area contributed by atoms with Crippen LogP contribution in [0.1, 0.15) is 11.3 Å². The molecule has 0 saturated carbocycles. The summed E-state index contributed by atoms with van der Waals surface area (Å²) in [5.41, 5.74) is 2.25. The summed E-state index contributed by atoms with van der Waals surface area (Å²) in [6.07, 6.45) is 0. The number of rotatable bonds is 3. The Bertz CT molecular complexity index is 516. The van der Waals surface area contributed by atoms with Gasteiger partial charge in [0.25, 0.3) is 0 Å². The Labute approximate surface area is 131 Å². The van der Waals surface area contributed by atoms with Gasteiger partial charge in [-0.25, -0.2) is 0 Å². The lowest BCUT2D eigenvalue weighted by molar-refractivity contribution is 0.493. The van der Waals surface area contributed by atoms with E-state index in [2.05, 4.69) is 78.8 Å². The quantitative estimate of drug-likeness (QED) is 0.613. The largest absolute Gasteiger partial charge is 0.454 e. The van der Waals surface area contributed by atoms with Gasteiger partial charge in [-0.1, -0.05) is 0 Å². The van der Waals surface area contributed by atoms with E-state index in [1.165, 1.54) is 5.56 Å². The molecule has 0 radical (unpaired) electrons. The Morgan fingerprint density at radius 2 is 1.88 bits per heavy atom. The number of hydrogen-bond acceptors (Lipinski definition) is 2. The van der Waals surface area contributed by atoms with Crippen molar-refractivity contribution < 1.29 is 4.42 Å². The molecule has 0 saturated heterocycles. The van der Waals surface area contributed by atoms with Crippen LogP contribution in [0.2, 0.25) is 0 Å². The summed E-state index contributed by atoms with van der Waals surface area (Å²) in [5, 5.41) is 3.35. The van der Waals surface area contributed by atoms with Crippen LogP contribution in [0.4, 0.5) is 5.69 Å². The van der Waals surface area contributed by atoms with Crippen LogP contribution in [0.25, 0.3) is 0 Å². The van der Waals surface area contributed by atoms with E-state index in [0.29, 0.717) is 6.54 Å². The normalized spacial score (nSPS) is 10.6. The van der Waals surface area contributed by atoms with Gasteiger partial charge in [0.05, 0.1) is 12.2 Å². The molecule has 1 N–H and O–H groups in total. The second kappa shape index (κ2) is 5.75. The van der Waals surface area contributed by atoms with Crippen LogP contribution < -0.4 is 5.32 Å². The van der Waals surface area contributed by atoms with Gasteiger partial charge in [-0.05, 0) is 91.2 Å². The first kappa shape index (κ1) is 13.4. The number of aryl methyl sites for hydroxylation is 1. The average molecular weight is 471 g/mol. The SMILES string of the molecule is Cc1cc(Br)c(NCc2ccc(I)o2)c(Br)c1. The van der Waals surface area contributed by atoms with Crippen LogP contribution in [0, 0.1) is 10.7 Å². The number of furan rings is 1. The standard InChI is InChI=1S/C12H10Br2INO/c1-7-4-9(13)12(10(14)5-7)16-6-8-2-3-11(15)17-8/h2-5,16H,6H2,1H3. The van der Waals surface area contributed by atoms with Crippen LogP contribution in [-0.4, -0.2) is 0 Å². The van der Waals surface area contributed by atoms with Crippen molar-refractivity contribution in [1.82, 2.24) is 0 Å². The van der Waals surface area contributed by atoms with E-state index in [4.69, 9.17) is 4.42 Å². The van der Waals surface area contributed by atoms with Crippen molar-refractivity contribution in [1.29, 1.82) is 0 Å². The van der Waals surface area contributed by atoms with E-state index in [-0.39, 0.29) is 0 Å². The van der Waals surface area contributed by atoms with Gasteiger partial charge in [-0.2, -0.15) is 0 Å². The van der Waals surface area contributed by atoms with Gasteiger partial charge < -0.3 is 9.73 Å². The highest BCUT2D eigenvalue weighted by Gasteiger charge is 2.07. The second-order valence-electron chi connectivity index (χ2n) is 3.66. The molecular formula is C12H10Br2INO. The monoisotopic (exact) mass is 469 g/mol. The Morgan fingerprint density at radius 3 is 2.41 bits per heavy atom. The molecule has 1 heterocycles. The molecule has 0 fully saturated rings. The lowest BCUT2D eigenvalue weighted by Gasteiger charge is -2.10. The fourth-order valence-electron chi connectivity index (χ4n) is 1.49. The molecule has 0 atom stereocenters. The minimum absolute atomic E-state index is 0.670. The van der Waals surface area contributed by atoms with Gasteiger partial charge in [0.15, 0.2) is 3.77 Å². The van der Waals surface area contributed by atoms with Crippen LogP contribution in [0.3, 0.4) is 0 Å². The summed E-state index contributed by atoms with van der Waals surface area (Å²) in [5.74, 6) is 0.925. The first-order valence-corrected chi connectivity index (χ1v) is 7.66. The lowest BCUT2D eigenvalue weighted by Crippen LogP contribution is -2.00. The number of hydrogen-bond donors (Lipinski definition) is 1. The van der Waals surface area contributed by atoms with Crippen molar-refractivity contribution in [2.75, 3.05) is 5.32 Å². The summed E-state index contributed by atoms with van der Waals surface area (Å²) in [6, 6.07) is 8.10. The van der Waals surface area contributed by atoms with Gasteiger partial charge >= 0.3 is 0 Å². The molecule has 0 spiro atoms. The molecule has 17 heavy (non-hydrogen) atoms. The van der Waals surface area contributed by atoms with Gasteiger partial charge in [0, 0.05) is 8.95 Å². The Morgan fingerprint density at radius 1 is 1.24 bits per heavy atom. The number of nitrogens with one attached hydrogen (secondary N) is 1. The molecule has 0 aliphatic heterocycles. The molecule has 0 amide bonds. The van der Waals surface area contributed by atoms with Crippen molar-refractivity contribution in [3.05, 3.63) is 48.3 Å². The first-order chi connectivity index (χ1) is 8.06. The van der Waals surface area contributed by atoms with E-state index >= 15 is 0 Å². The van der Waals surface area contributed by atoms with E-state index in [1.807, 2.05) is 12.1 Å². The Balaban J connectivity index is 2.14. The Kier molecular flexibility index (Phi) is 4.54. The second-order valence-corrected chi connectivity index (χ2v) is 6.43. The van der Waals surface area contributed by atoms with Crippen LogP contribution in [0.5, 0.6) is 0 Å². The molecule has 2 rings (SSSR count). The maximum absolute atomic E-state index is 5.50. The number of benzene rings is 1. The number of anilines is 1. The summed E-state index contributed by atoms with van der Waals surface area (Å²) in [7, 11) is 0. The highest BCUT2D eigenvalue weighted by molar-refractivity contribution is 14.1. The zero-order valence-electron chi connectivity index (χ0n) is 9.06. The van der Waals surface area contributed by atoms with Crippen molar-refractivity contribution in [2.24, 2.45) is 0 Å². The molecular weight excluding hydrogens is 461 g/mol. The Hall–Kier alpha value is -0.0100. The van der Waals surface area contributed by atoms with Gasteiger partial charge in [-0.15, -0.1) is 0 Å². The summed E-state index contributed by atoms with van der Waals surface area (Å²) >= 11 is 9.26. The summed E-state index contributed by atoms with van der Waals surface area (Å²) in [6.45, 7) is 2.73. The van der Waals surface area contributed by atoms with E-state index < -0.39 is 0 Å². The molecule has 1 aromatic heterocycles.